The molecule has 0 heterocycles. The minimum atomic E-state index is -0.601. The van der Waals surface area contributed by atoms with Gasteiger partial charge in [-0.25, -0.2) is 0 Å². The molecule has 20 heavy (non-hydrogen) atoms. The van der Waals surface area contributed by atoms with E-state index in [-0.39, 0.29) is 5.92 Å². The van der Waals surface area contributed by atoms with Crippen LogP contribution in [-0.2, 0) is 4.79 Å². The summed E-state index contributed by atoms with van der Waals surface area (Å²) in [5.74, 6) is 0.0809. The summed E-state index contributed by atoms with van der Waals surface area (Å²) in [4.78, 5) is 11.0. The molecular weight excluding hydrogens is 250 g/mol. The molecule has 2 aliphatic rings. The fraction of sp³-hybridized carbons (Fsp3) is 0.941. The standard InChI is InChI=1S/C17H31NO2/c1-13(2)11-17(9-3-4-10-17)12-18-15-7-5-14(6-8-15)16(19)20/h13-15,18H,3-12H2,1-2H3,(H,19,20). The first-order valence-corrected chi connectivity index (χ1v) is 8.47. The molecule has 2 fully saturated rings. The van der Waals surface area contributed by atoms with Gasteiger partial charge >= 0.3 is 5.97 Å². The van der Waals surface area contributed by atoms with Gasteiger partial charge in [0.25, 0.3) is 0 Å². The van der Waals surface area contributed by atoms with Gasteiger partial charge in [-0.05, 0) is 56.3 Å². The predicted octanol–water partition coefficient (Wildman–Crippen LogP) is 3.83. The lowest BCUT2D eigenvalue weighted by Crippen LogP contribution is -2.41. The lowest BCUT2D eigenvalue weighted by atomic mass is 9.78. The van der Waals surface area contributed by atoms with Gasteiger partial charge in [-0.15, -0.1) is 0 Å². The predicted molar refractivity (Wildman–Crippen MR) is 81.7 cm³/mol. The number of carboxylic acid groups (broad SMARTS) is 1. The lowest BCUT2D eigenvalue weighted by Gasteiger charge is -2.35. The minimum Gasteiger partial charge on any atom is -0.481 e. The van der Waals surface area contributed by atoms with E-state index >= 15 is 0 Å². The maximum Gasteiger partial charge on any atom is 0.306 e. The summed E-state index contributed by atoms with van der Waals surface area (Å²) in [6, 6.07) is 0.551. The van der Waals surface area contributed by atoms with Crippen LogP contribution >= 0.6 is 0 Å². The molecule has 0 amide bonds. The van der Waals surface area contributed by atoms with E-state index in [1.807, 2.05) is 0 Å². The van der Waals surface area contributed by atoms with E-state index in [0.29, 0.717) is 11.5 Å². The van der Waals surface area contributed by atoms with Crippen LogP contribution in [0, 0.1) is 17.3 Å². The van der Waals surface area contributed by atoms with Gasteiger partial charge in [-0.2, -0.15) is 0 Å². The van der Waals surface area contributed by atoms with Crippen LogP contribution in [0.5, 0.6) is 0 Å². The van der Waals surface area contributed by atoms with Crippen molar-refractivity contribution >= 4 is 5.97 Å². The highest BCUT2D eigenvalue weighted by molar-refractivity contribution is 5.70. The largest absolute Gasteiger partial charge is 0.481 e. The zero-order valence-corrected chi connectivity index (χ0v) is 13.2. The highest BCUT2D eigenvalue weighted by Gasteiger charge is 2.35. The number of hydrogen-bond acceptors (Lipinski definition) is 2. The number of carbonyl (C=O) groups is 1. The van der Waals surface area contributed by atoms with Gasteiger partial charge in [0.05, 0.1) is 5.92 Å². The second-order valence-corrected chi connectivity index (χ2v) is 7.57. The quantitative estimate of drug-likeness (QED) is 0.778. The molecule has 2 saturated carbocycles. The maximum atomic E-state index is 11.0. The molecule has 0 spiro atoms. The summed E-state index contributed by atoms with van der Waals surface area (Å²) in [6.07, 6.45) is 10.6. The molecule has 0 aromatic heterocycles. The van der Waals surface area contributed by atoms with Crippen molar-refractivity contribution in [1.29, 1.82) is 0 Å². The molecule has 2 N–H and O–H groups in total. The second kappa shape index (κ2) is 6.93. The summed E-state index contributed by atoms with van der Waals surface area (Å²) in [5.41, 5.74) is 0.526. The van der Waals surface area contributed by atoms with Crippen LogP contribution in [0.15, 0.2) is 0 Å². The van der Waals surface area contributed by atoms with Gasteiger partial charge in [-0.3, -0.25) is 4.79 Å². The molecule has 0 bridgehead atoms. The molecule has 2 aliphatic carbocycles. The van der Waals surface area contributed by atoms with Crippen molar-refractivity contribution in [2.75, 3.05) is 6.54 Å². The first-order chi connectivity index (χ1) is 9.51. The molecule has 0 unspecified atom stereocenters. The van der Waals surface area contributed by atoms with E-state index in [4.69, 9.17) is 5.11 Å². The van der Waals surface area contributed by atoms with Crippen LogP contribution in [0.2, 0.25) is 0 Å². The Hall–Kier alpha value is -0.570. The third-order valence-corrected chi connectivity index (χ3v) is 5.35. The van der Waals surface area contributed by atoms with Crippen molar-refractivity contribution in [3.8, 4) is 0 Å². The first kappa shape index (κ1) is 15.8. The van der Waals surface area contributed by atoms with E-state index in [2.05, 4.69) is 19.2 Å². The Morgan fingerprint density at radius 2 is 1.80 bits per heavy atom. The van der Waals surface area contributed by atoms with Gasteiger partial charge < -0.3 is 10.4 Å². The smallest absolute Gasteiger partial charge is 0.306 e. The van der Waals surface area contributed by atoms with E-state index < -0.39 is 5.97 Å². The molecule has 0 radical (unpaired) electrons. The maximum absolute atomic E-state index is 11.0. The zero-order valence-electron chi connectivity index (χ0n) is 13.2. The topological polar surface area (TPSA) is 49.3 Å². The Morgan fingerprint density at radius 3 is 2.30 bits per heavy atom. The second-order valence-electron chi connectivity index (χ2n) is 7.57. The molecule has 116 valence electrons. The summed E-state index contributed by atoms with van der Waals surface area (Å²) in [5, 5.41) is 12.8. The molecule has 0 saturated heterocycles. The molecule has 2 rings (SSSR count). The van der Waals surface area contributed by atoms with Gasteiger partial charge in [0, 0.05) is 12.6 Å². The van der Waals surface area contributed by atoms with Crippen LogP contribution in [0.1, 0.15) is 71.6 Å². The van der Waals surface area contributed by atoms with Crippen LogP contribution in [0.4, 0.5) is 0 Å². The third kappa shape index (κ3) is 4.21. The third-order valence-electron chi connectivity index (χ3n) is 5.35. The number of carboxylic acids is 1. The van der Waals surface area contributed by atoms with Crippen LogP contribution in [0.3, 0.4) is 0 Å². The van der Waals surface area contributed by atoms with Gasteiger partial charge in [0.15, 0.2) is 0 Å². The van der Waals surface area contributed by atoms with Crippen molar-refractivity contribution in [2.45, 2.75) is 77.7 Å². The number of nitrogens with one attached hydrogen (secondary N) is 1. The molecule has 0 aromatic rings. The van der Waals surface area contributed by atoms with E-state index in [1.165, 1.54) is 32.1 Å². The Balaban J connectivity index is 1.78. The average molecular weight is 281 g/mol. The Labute approximate surface area is 123 Å². The monoisotopic (exact) mass is 281 g/mol. The van der Waals surface area contributed by atoms with E-state index in [1.54, 1.807) is 0 Å². The Bertz CT molecular complexity index is 313. The summed E-state index contributed by atoms with van der Waals surface area (Å²) in [6.45, 7) is 5.81. The zero-order chi connectivity index (χ0) is 14.6. The number of rotatable bonds is 6. The fourth-order valence-corrected chi connectivity index (χ4v) is 4.35. The molecule has 3 nitrogen and oxygen atoms in total. The Kier molecular flexibility index (Phi) is 5.48. The summed E-state index contributed by atoms with van der Waals surface area (Å²) >= 11 is 0. The lowest BCUT2D eigenvalue weighted by molar-refractivity contribution is -0.142. The van der Waals surface area contributed by atoms with Crippen LogP contribution < -0.4 is 5.32 Å². The van der Waals surface area contributed by atoms with Crippen LogP contribution in [-0.4, -0.2) is 23.7 Å². The Morgan fingerprint density at radius 1 is 1.20 bits per heavy atom. The SMILES string of the molecule is CC(C)CC1(CNC2CCC(C(=O)O)CC2)CCCC1. The van der Waals surface area contributed by atoms with E-state index in [0.717, 1.165) is 38.1 Å². The highest BCUT2D eigenvalue weighted by atomic mass is 16.4. The molecule has 0 atom stereocenters. The van der Waals surface area contributed by atoms with Crippen molar-refractivity contribution in [3.63, 3.8) is 0 Å². The summed E-state index contributed by atoms with van der Waals surface area (Å²) in [7, 11) is 0. The van der Waals surface area contributed by atoms with Gasteiger partial charge in [0.1, 0.15) is 0 Å². The summed E-state index contributed by atoms with van der Waals surface area (Å²) < 4.78 is 0. The molecule has 0 aromatic carbocycles. The average Bonchev–Trinajstić information content (AvgIpc) is 2.85. The minimum absolute atomic E-state index is 0.0934. The van der Waals surface area contributed by atoms with Crippen molar-refractivity contribution in [3.05, 3.63) is 0 Å². The van der Waals surface area contributed by atoms with Gasteiger partial charge in [0.2, 0.25) is 0 Å². The number of hydrogen-bond donors (Lipinski definition) is 2. The normalized spacial score (nSPS) is 29.8. The van der Waals surface area contributed by atoms with Crippen molar-refractivity contribution < 1.29 is 9.90 Å². The molecule has 0 aliphatic heterocycles. The van der Waals surface area contributed by atoms with Crippen molar-refractivity contribution in [2.24, 2.45) is 17.3 Å². The molecule has 3 heteroatoms. The fourth-order valence-electron chi connectivity index (χ4n) is 4.35. The molecular formula is C17H31NO2. The van der Waals surface area contributed by atoms with Gasteiger partial charge in [-0.1, -0.05) is 26.7 Å². The van der Waals surface area contributed by atoms with E-state index in [9.17, 15) is 4.79 Å². The first-order valence-electron chi connectivity index (χ1n) is 8.47. The van der Waals surface area contributed by atoms with Crippen LogP contribution in [0.25, 0.3) is 0 Å². The highest BCUT2D eigenvalue weighted by Crippen LogP contribution is 2.43. The number of aliphatic carboxylic acids is 1. The van der Waals surface area contributed by atoms with Crippen molar-refractivity contribution in [1.82, 2.24) is 5.32 Å².